The number of ether oxygens (including phenoxy) is 2. The van der Waals surface area contributed by atoms with Gasteiger partial charge in [0.05, 0.1) is 36.7 Å². The summed E-state index contributed by atoms with van der Waals surface area (Å²) in [6, 6.07) is 9.19. The van der Waals surface area contributed by atoms with Crippen molar-refractivity contribution in [3.63, 3.8) is 0 Å². The summed E-state index contributed by atoms with van der Waals surface area (Å²) in [5.41, 5.74) is 2.80. The van der Waals surface area contributed by atoms with Crippen molar-refractivity contribution < 1.29 is 19.1 Å². The standard InChI is InChI=1S/C17H17NO4/c1-10-13(16(19)21-3)15(12-8-6-5-7-9-12)14(11(2)18-10)17(20)22-4/h5-9H,1-4H3. The number of carbonyl (C=O) groups is 2. The molecule has 22 heavy (non-hydrogen) atoms. The van der Waals surface area contributed by atoms with E-state index in [9.17, 15) is 9.59 Å². The fourth-order valence-corrected chi connectivity index (χ4v) is 2.45. The second-order valence-electron chi connectivity index (χ2n) is 4.76. The molecule has 0 aliphatic heterocycles. The molecule has 5 nitrogen and oxygen atoms in total. The van der Waals surface area contributed by atoms with Gasteiger partial charge in [-0.05, 0) is 19.4 Å². The van der Waals surface area contributed by atoms with E-state index in [1.165, 1.54) is 14.2 Å². The molecule has 0 amide bonds. The molecule has 0 saturated carbocycles. The molecule has 5 heteroatoms. The van der Waals surface area contributed by atoms with Crippen molar-refractivity contribution in [1.82, 2.24) is 4.98 Å². The first-order chi connectivity index (χ1) is 10.5. The van der Waals surface area contributed by atoms with Gasteiger partial charge in [-0.3, -0.25) is 4.98 Å². The van der Waals surface area contributed by atoms with Crippen LogP contribution in [0.15, 0.2) is 30.3 Å². The molecule has 0 fully saturated rings. The van der Waals surface area contributed by atoms with Crippen molar-refractivity contribution in [2.24, 2.45) is 0 Å². The van der Waals surface area contributed by atoms with Gasteiger partial charge >= 0.3 is 11.9 Å². The van der Waals surface area contributed by atoms with E-state index in [1.54, 1.807) is 13.8 Å². The van der Waals surface area contributed by atoms with Gasteiger partial charge in [0.2, 0.25) is 0 Å². The van der Waals surface area contributed by atoms with E-state index in [0.717, 1.165) is 5.56 Å². The van der Waals surface area contributed by atoms with E-state index in [1.807, 2.05) is 30.3 Å². The Morgan fingerprint density at radius 1 is 0.864 bits per heavy atom. The summed E-state index contributed by atoms with van der Waals surface area (Å²) in [7, 11) is 2.60. The van der Waals surface area contributed by atoms with Crippen LogP contribution >= 0.6 is 0 Å². The first-order valence-corrected chi connectivity index (χ1v) is 6.74. The van der Waals surface area contributed by atoms with Crippen molar-refractivity contribution in [2.75, 3.05) is 14.2 Å². The number of hydrogen-bond donors (Lipinski definition) is 0. The first-order valence-electron chi connectivity index (χ1n) is 6.74. The minimum atomic E-state index is -0.533. The van der Waals surface area contributed by atoms with Crippen LogP contribution in [-0.2, 0) is 9.47 Å². The largest absolute Gasteiger partial charge is 0.465 e. The number of nitrogens with zero attached hydrogens (tertiary/aromatic N) is 1. The normalized spacial score (nSPS) is 10.2. The van der Waals surface area contributed by atoms with Crippen molar-refractivity contribution >= 4 is 11.9 Å². The quantitative estimate of drug-likeness (QED) is 0.815. The van der Waals surface area contributed by atoms with Gasteiger partial charge in [-0.2, -0.15) is 0 Å². The molecule has 1 heterocycles. The molecule has 0 aliphatic carbocycles. The Balaban J connectivity index is 2.90. The number of benzene rings is 1. The third kappa shape index (κ3) is 2.70. The second kappa shape index (κ2) is 6.39. The second-order valence-corrected chi connectivity index (χ2v) is 4.76. The molecule has 0 spiro atoms. The minimum absolute atomic E-state index is 0.278. The van der Waals surface area contributed by atoms with Crippen LogP contribution in [0.1, 0.15) is 32.1 Å². The highest BCUT2D eigenvalue weighted by molar-refractivity contribution is 6.07. The van der Waals surface area contributed by atoms with Crippen molar-refractivity contribution in [1.29, 1.82) is 0 Å². The SMILES string of the molecule is COC(=O)c1c(C)nc(C)c(C(=O)OC)c1-c1ccccc1. The fraction of sp³-hybridized carbons (Fsp3) is 0.235. The van der Waals surface area contributed by atoms with Gasteiger partial charge in [0.1, 0.15) is 0 Å². The predicted octanol–water partition coefficient (Wildman–Crippen LogP) is 2.94. The lowest BCUT2D eigenvalue weighted by Crippen LogP contribution is -2.16. The minimum Gasteiger partial charge on any atom is -0.465 e. The molecule has 0 saturated heterocycles. The average Bonchev–Trinajstić information content (AvgIpc) is 2.53. The van der Waals surface area contributed by atoms with Crippen LogP contribution in [0.25, 0.3) is 11.1 Å². The van der Waals surface area contributed by atoms with E-state index < -0.39 is 11.9 Å². The maximum Gasteiger partial charge on any atom is 0.340 e. The zero-order valence-corrected chi connectivity index (χ0v) is 13.0. The molecule has 2 aromatic rings. The van der Waals surface area contributed by atoms with Crippen molar-refractivity contribution in [2.45, 2.75) is 13.8 Å². The van der Waals surface area contributed by atoms with Gasteiger partial charge in [-0.15, -0.1) is 0 Å². The summed E-state index contributed by atoms with van der Waals surface area (Å²) in [6.07, 6.45) is 0. The van der Waals surface area contributed by atoms with Gasteiger partial charge in [0.25, 0.3) is 0 Å². The highest BCUT2D eigenvalue weighted by atomic mass is 16.5. The Morgan fingerprint density at radius 2 is 1.32 bits per heavy atom. The third-order valence-electron chi connectivity index (χ3n) is 3.40. The zero-order valence-electron chi connectivity index (χ0n) is 13.0. The number of hydrogen-bond acceptors (Lipinski definition) is 5. The molecule has 1 aromatic carbocycles. The van der Waals surface area contributed by atoms with Crippen molar-refractivity contribution in [3.8, 4) is 11.1 Å². The predicted molar refractivity (Wildman–Crippen MR) is 81.8 cm³/mol. The molecular formula is C17H17NO4. The van der Waals surface area contributed by atoms with Crippen LogP contribution in [0.5, 0.6) is 0 Å². The lowest BCUT2D eigenvalue weighted by atomic mass is 9.92. The summed E-state index contributed by atoms with van der Waals surface area (Å²) in [6.45, 7) is 3.43. The van der Waals surface area contributed by atoms with Crippen LogP contribution < -0.4 is 0 Å². The van der Waals surface area contributed by atoms with E-state index >= 15 is 0 Å². The molecule has 0 unspecified atom stereocenters. The molecule has 0 atom stereocenters. The summed E-state index contributed by atoms with van der Waals surface area (Å²) < 4.78 is 9.71. The number of aryl methyl sites for hydroxylation is 2. The summed E-state index contributed by atoms with van der Waals surface area (Å²) >= 11 is 0. The summed E-state index contributed by atoms with van der Waals surface area (Å²) in [4.78, 5) is 28.7. The Labute approximate surface area is 128 Å². The van der Waals surface area contributed by atoms with E-state index in [2.05, 4.69) is 4.98 Å². The Bertz CT molecular complexity index is 683. The Morgan fingerprint density at radius 3 is 1.73 bits per heavy atom. The summed E-state index contributed by atoms with van der Waals surface area (Å²) in [5.74, 6) is -1.07. The van der Waals surface area contributed by atoms with Crippen molar-refractivity contribution in [3.05, 3.63) is 52.8 Å². The van der Waals surface area contributed by atoms with Crippen LogP contribution in [0.2, 0.25) is 0 Å². The number of pyridine rings is 1. The van der Waals surface area contributed by atoms with Gasteiger partial charge in [0, 0.05) is 5.56 Å². The number of esters is 2. The Hall–Kier alpha value is -2.69. The third-order valence-corrected chi connectivity index (χ3v) is 3.40. The zero-order chi connectivity index (χ0) is 16.3. The van der Waals surface area contributed by atoms with Gasteiger partial charge < -0.3 is 9.47 Å². The number of methoxy groups -OCH3 is 2. The van der Waals surface area contributed by atoms with Gasteiger partial charge in [-0.25, -0.2) is 9.59 Å². The molecule has 0 aliphatic rings. The van der Waals surface area contributed by atoms with Crippen LogP contribution in [-0.4, -0.2) is 31.1 Å². The average molecular weight is 299 g/mol. The van der Waals surface area contributed by atoms with Gasteiger partial charge in [-0.1, -0.05) is 30.3 Å². The lowest BCUT2D eigenvalue weighted by Gasteiger charge is -2.16. The summed E-state index contributed by atoms with van der Waals surface area (Å²) in [5, 5.41) is 0. The maximum absolute atomic E-state index is 12.2. The van der Waals surface area contributed by atoms with E-state index in [4.69, 9.17) is 9.47 Å². The molecular weight excluding hydrogens is 282 g/mol. The van der Waals surface area contributed by atoms with Crippen LogP contribution in [0, 0.1) is 13.8 Å². The maximum atomic E-state index is 12.2. The van der Waals surface area contributed by atoms with E-state index in [0.29, 0.717) is 17.0 Å². The number of carbonyl (C=O) groups excluding carboxylic acids is 2. The fourth-order valence-electron chi connectivity index (χ4n) is 2.45. The first kappa shape index (κ1) is 15.7. The topological polar surface area (TPSA) is 65.5 Å². The Kier molecular flexibility index (Phi) is 4.56. The molecule has 114 valence electrons. The molecule has 0 radical (unpaired) electrons. The molecule has 0 bridgehead atoms. The molecule has 1 aromatic heterocycles. The molecule has 0 N–H and O–H groups in total. The monoisotopic (exact) mass is 299 g/mol. The highest BCUT2D eigenvalue weighted by Crippen LogP contribution is 2.32. The van der Waals surface area contributed by atoms with E-state index in [-0.39, 0.29) is 11.1 Å². The highest BCUT2D eigenvalue weighted by Gasteiger charge is 2.26. The smallest absolute Gasteiger partial charge is 0.340 e. The lowest BCUT2D eigenvalue weighted by molar-refractivity contribution is 0.0599. The number of aromatic nitrogens is 1. The number of rotatable bonds is 3. The molecule has 2 rings (SSSR count). The van der Waals surface area contributed by atoms with Crippen LogP contribution in [0.3, 0.4) is 0 Å². The van der Waals surface area contributed by atoms with Crippen LogP contribution in [0.4, 0.5) is 0 Å². The van der Waals surface area contributed by atoms with Gasteiger partial charge in [0.15, 0.2) is 0 Å².